The van der Waals surface area contributed by atoms with Gasteiger partial charge in [0.1, 0.15) is 0 Å². The maximum absolute atomic E-state index is 5.39. The molecule has 0 saturated carbocycles. The highest BCUT2D eigenvalue weighted by Crippen LogP contribution is 2.17. The van der Waals surface area contributed by atoms with Gasteiger partial charge in [-0.05, 0) is 24.6 Å². The molecule has 112 valence electrons. The van der Waals surface area contributed by atoms with Gasteiger partial charge in [0, 0.05) is 43.1 Å². The molecule has 0 amide bonds. The average Bonchev–Trinajstić information content (AvgIpc) is 3.08. The van der Waals surface area contributed by atoms with Crippen LogP contribution < -0.4 is 10.2 Å². The SMILES string of the molecule is CC(NCc1ccc(N2CCOCC2)cc1)c1cn[nH]c1. The lowest BCUT2D eigenvalue weighted by Crippen LogP contribution is -2.36. The fraction of sp³-hybridized carbons (Fsp3) is 0.438. The number of nitrogens with one attached hydrogen (secondary N) is 2. The summed E-state index contributed by atoms with van der Waals surface area (Å²) in [6.45, 7) is 6.62. The Bertz CT molecular complexity index is 532. The Morgan fingerprint density at radius 2 is 2.05 bits per heavy atom. The molecule has 5 heteroatoms. The number of aromatic amines is 1. The molecule has 1 aliphatic rings. The molecule has 1 atom stereocenters. The topological polar surface area (TPSA) is 53.2 Å². The summed E-state index contributed by atoms with van der Waals surface area (Å²) in [6.07, 6.45) is 3.79. The van der Waals surface area contributed by atoms with Crippen molar-refractivity contribution in [1.29, 1.82) is 0 Å². The van der Waals surface area contributed by atoms with Gasteiger partial charge in [-0.3, -0.25) is 5.10 Å². The summed E-state index contributed by atoms with van der Waals surface area (Å²) in [7, 11) is 0. The van der Waals surface area contributed by atoms with Crippen molar-refractivity contribution in [3.8, 4) is 0 Å². The van der Waals surface area contributed by atoms with Crippen LogP contribution in [0.25, 0.3) is 0 Å². The van der Waals surface area contributed by atoms with Gasteiger partial charge in [0.15, 0.2) is 0 Å². The zero-order valence-electron chi connectivity index (χ0n) is 12.4. The molecule has 2 aromatic rings. The van der Waals surface area contributed by atoms with Crippen molar-refractivity contribution in [2.45, 2.75) is 19.5 Å². The first kappa shape index (κ1) is 14.1. The molecule has 2 N–H and O–H groups in total. The second-order valence-electron chi connectivity index (χ2n) is 5.40. The van der Waals surface area contributed by atoms with Gasteiger partial charge in [-0.15, -0.1) is 0 Å². The number of H-pyrrole nitrogens is 1. The van der Waals surface area contributed by atoms with Crippen LogP contribution in [0.4, 0.5) is 5.69 Å². The van der Waals surface area contributed by atoms with Crippen molar-refractivity contribution in [1.82, 2.24) is 15.5 Å². The quantitative estimate of drug-likeness (QED) is 0.884. The lowest BCUT2D eigenvalue weighted by atomic mass is 10.1. The van der Waals surface area contributed by atoms with Gasteiger partial charge in [-0.25, -0.2) is 0 Å². The first-order valence-corrected chi connectivity index (χ1v) is 7.46. The highest BCUT2D eigenvalue weighted by atomic mass is 16.5. The van der Waals surface area contributed by atoms with Crippen LogP contribution in [0.15, 0.2) is 36.7 Å². The number of hydrogen-bond acceptors (Lipinski definition) is 4. The smallest absolute Gasteiger partial charge is 0.0642 e. The highest BCUT2D eigenvalue weighted by Gasteiger charge is 2.11. The van der Waals surface area contributed by atoms with E-state index in [9.17, 15) is 0 Å². The van der Waals surface area contributed by atoms with Gasteiger partial charge in [-0.2, -0.15) is 5.10 Å². The molecule has 1 saturated heterocycles. The Morgan fingerprint density at radius 3 is 2.71 bits per heavy atom. The highest BCUT2D eigenvalue weighted by molar-refractivity contribution is 5.47. The maximum Gasteiger partial charge on any atom is 0.0642 e. The molecule has 5 nitrogen and oxygen atoms in total. The van der Waals surface area contributed by atoms with Crippen molar-refractivity contribution in [3.63, 3.8) is 0 Å². The molecule has 1 fully saturated rings. The molecule has 1 aromatic heterocycles. The van der Waals surface area contributed by atoms with Crippen molar-refractivity contribution in [2.24, 2.45) is 0 Å². The van der Waals surface area contributed by atoms with Gasteiger partial charge in [0.2, 0.25) is 0 Å². The number of aromatic nitrogens is 2. The minimum Gasteiger partial charge on any atom is -0.378 e. The van der Waals surface area contributed by atoms with E-state index in [0.717, 1.165) is 32.8 Å². The lowest BCUT2D eigenvalue weighted by molar-refractivity contribution is 0.122. The van der Waals surface area contributed by atoms with Crippen LogP contribution in [0.5, 0.6) is 0 Å². The predicted octanol–water partition coefficient (Wildman–Crippen LogP) is 2.10. The number of nitrogens with zero attached hydrogens (tertiary/aromatic N) is 2. The fourth-order valence-electron chi connectivity index (χ4n) is 2.53. The van der Waals surface area contributed by atoms with Gasteiger partial charge >= 0.3 is 0 Å². The minimum atomic E-state index is 0.294. The van der Waals surface area contributed by atoms with Crippen molar-refractivity contribution in [2.75, 3.05) is 31.2 Å². The van der Waals surface area contributed by atoms with Crippen LogP contribution in [0.3, 0.4) is 0 Å². The summed E-state index contributed by atoms with van der Waals surface area (Å²) < 4.78 is 5.39. The van der Waals surface area contributed by atoms with Crippen LogP contribution in [0, 0.1) is 0 Å². The maximum atomic E-state index is 5.39. The van der Waals surface area contributed by atoms with E-state index in [1.165, 1.54) is 16.8 Å². The molecule has 0 spiro atoms. The molecule has 3 rings (SSSR count). The Morgan fingerprint density at radius 1 is 1.29 bits per heavy atom. The largest absolute Gasteiger partial charge is 0.378 e. The lowest BCUT2D eigenvalue weighted by Gasteiger charge is -2.29. The van der Waals surface area contributed by atoms with E-state index in [0.29, 0.717) is 6.04 Å². The number of benzene rings is 1. The zero-order valence-corrected chi connectivity index (χ0v) is 12.4. The van der Waals surface area contributed by atoms with E-state index in [-0.39, 0.29) is 0 Å². The van der Waals surface area contributed by atoms with Gasteiger partial charge in [0.25, 0.3) is 0 Å². The van der Waals surface area contributed by atoms with Crippen LogP contribution in [-0.4, -0.2) is 36.5 Å². The van der Waals surface area contributed by atoms with E-state index in [1.54, 1.807) is 0 Å². The Kier molecular flexibility index (Phi) is 4.52. The fourth-order valence-corrected chi connectivity index (χ4v) is 2.53. The Hall–Kier alpha value is -1.85. The number of morpholine rings is 1. The monoisotopic (exact) mass is 286 g/mol. The third kappa shape index (κ3) is 3.62. The Labute approximate surface area is 125 Å². The van der Waals surface area contributed by atoms with Crippen LogP contribution in [0.1, 0.15) is 24.1 Å². The molecule has 0 aliphatic carbocycles. The van der Waals surface area contributed by atoms with Gasteiger partial charge in [-0.1, -0.05) is 12.1 Å². The summed E-state index contributed by atoms with van der Waals surface area (Å²) in [5, 5.41) is 10.3. The van der Waals surface area contributed by atoms with Crippen molar-refractivity contribution >= 4 is 5.69 Å². The van der Waals surface area contributed by atoms with Crippen LogP contribution in [0.2, 0.25) is 0 Å². The molecule has 0 bridgehead atoms. The van der Waals surface area contributed by atoms with Gasteiger partial charge in [0.05, 0.1) is 19.4 Å². The van der Waals surface area contributed by atoms with Gasteiger partial charge < -0.3 is 15.0 Å². The van der Waals surface area contributed by atoms with E-state index in [2.05, 4.69) is 51.6 Å². The van der Waals surface area contributed by atoms with Crippen molar-refractivity contribution in [3.05, 3.63) is 47.8 Å². The molecular weight excluding hydrogens is 264 g/mol. The number of anilines is 1. The third-order valence-electron chi connectivity index (χ3n) is 3.94. The first-order valence-electron chi connectivity index (χ1n) is 7.46. The summed E-state index contributed by atoms with van der Waals surface area (Å²) in [6, 6.07) is 9.08. The third-order valence-corrected chi connectivity index (χ3v) is 3.94. The molecule has 1 aromatic carbocycles. The normalized spacial score (nSPS) is 16.9. The number of rotatable bonds is 5. The summed E-state index contributed by atoms with van der Waals surface area (Å²) in [5.74, 6) is 0. The molecule has 0 radical (unpaired) electrons. The zero-order chi connectivity index (χ0) is 14.5. The molecule has 2 heterocycles. The molecule has 21 heavy (non-hydrogen) atoms. The van der Waals surface area contributed by atoms with E-state index < -0.39 is 0 Å². The first-order chi connectivity index (χ1) is 10.3. The predicted molar refractivity (Wildman–Crippen MR) is 83.3 cm³/mol. The second-order valence-corrected chi connectivity index (χ2v) is 5.40. The summed E-state index contributed by atoms with van der Waals surface area (Å²) >= 11 is 0. The van der Waals surface area contributed by atoms with E-state index in [4.69, 9.17) is 4.74 Å². The van der Waals surface area contributed by atoms with E-state index in [1.807, 2.05) is 12.4 Å². The number of hydrogen-bond donors (Lipinski definition) is 2. The van der Waals surface area contributed by atoms with E-state index >= 15 is 0 Å². The second kappa shape index (κ2) is 6.74. The molecule has 1 unspecified atom stereocenters. The standard InChI is InChI=1S/C16H22N4O/c1-13(15-11-18-19-12-15)17-10-14-2-4-16(5-3-14)20-6-8-21-9-7-20/h2-5,11-13,17H,6-10H2,1H3,(H,18,19). The Balaban J connectivity index is 1.54. The average molecular weight is 286 g/mol. The molecule has 1 aliphatic heterocycles. The van der Waals surface area contributed by atoms with Crippen LogP contribution >= 0.6 is 0 Å². The minimum absolute atomic E-state index is 0.294. The number of ether oxygens (including phenoxy) is 1. The summed E-state index contributed by atoms with van der Waals surface area (Å²) in [5.41, 5.74) is 3.76. The summed E-state index contributed by atoms with van der Waals surface area (Å²) in [4.78, 5) is 2.37. The van der Waals surface area contributed by atoms with Crippen LogP contribution in [-0.2, 0) is 11.3 Å². The van der Waals surface area contributed by atoms with Crippen molar-refractivity contribution < 1.29 is 4.74 Å². The molecular formula is C16H22N4O.